The van der Waals surface area contributed by atoms with Crippen LogP contribution in [-0.4, -0.2) is 4.57 Å². The summed E-state index contributed by atoms with van der Waals surface area (Å²) in [6.07, 6.45) is 0. The molecule has 0 saturated carbocycles. The quantitative estimate of drug-likeness (QED) is 0.292. The van der Waals surface area contributed by atoms with E-state index in [-0.39, 0.29) is 5.56 Å². The molecule has 0 bridgehead atoms. The summed E-state index contributed by atoms with van der Waals surface area (Å²) in [5, 5.41) is 2.08. The third-order valence-electron chi connectivity index (χ3n) is 5.38. The van der Waals surface area contributed by atoms with E-state index >= 15 is 0 Å². The van der Waals surface area contributed by atoms with Crippen LogP contribution in [0.15, 0.2) is 114 Å². The van der Waals surface area contributed by atoms with Gasteiger partial charge in [-0.05, 0) is 77.2 Å². The zero-order valence-corrected chi connectivity index (χ0v) is 18.0. The molecular formula is C28H20ClNO2. The molecule has 156 valence electrons. The Labute approximate surface area is 191 Å². The fraction of sp³-hybridized carbons (Fsp3) is 0.0357. The minimum Gasteiger partial charge on any atom is -0.457 e. The number of nitrogens with zero attached hydrogens (tertiary/aromatic N) is 1. The second-order valence-electron chi connectivity index (χ2n) is 7.58. The molecule has 1 heterocycles. The summed E-state index contributed by atoms with van der Waals surface area (Å²) in [6.45, 7) is 0.482. The number of hydrogen-bond acceptors (Lipinski definition) is 2. The molecule has 0 radical (unpaired) electrons. The molecule has 0 saturated heterocycles. The van der Waals surface area contributed by atoms with Crippen LogP contribution in [0.3, 0.4) is 0 Å². The van der Waals surface area contributed by atoms with E-state index in [4.69, 9.17) is 16.3 Å². The van der Waals surface area contributed by atoms with Crippen LogP contribution in [-0.2, 0) is 6.54 Å². The maximum atomic E-state index is 13.4. The minimum atomic E-state index is -0.0392. The van der Waals surface area contributed by atoms with Crippen molar-refractivity contribution >= 4 is 22.4 Å². The molecule has 0 unspecified atom stereocenters. The normalized spacial score (nSPS) is 10.9. The van der Waals surface area contributed by atoms with Gasteiger partial charge in [-0.15, -0.1) is 0 Å². The van der Waals surface area contributed by atoms with Crippen LogP contribution in [0.1, 0.15) is 5.56 Å². The van der Waals surface area contributed by atoms with Gasteiger partial charge in [-0.25, -0.2) is 0 Å². The highest BCUT2D eigenvalue weighted by Crippen LogP contribution is 2.28. The molecular weight excluding hydrogens is 418 g/mol. The first-order chi connectivity index (χ1) is 15.7. The Balaban J connectivity index is 1.60. The molecule has 4 aromatic carbocycles. The minimum absolute atomic E-state index is 0.0392. The van der Waals surface area contributed by atoms with Crippen molar-refractivity contribution < 1.29 is 4.74 Å². The molecule has 4 heteroatoms. The molecule has 0 spiro atoms. The second-order valence-corrected chi connectivity index (χ2v) is 8.01. The third-order valence-corrected chi connectivity index (χ3v) is 5.62. The topological polar surface area (TPSA) is 31.2 Å². The Morgan fingerprint density at radius 2 is 1.38 bits per heavy atom. The van der Waals surface area contributed by atoms with Crippen LogP contribution < -0.4 is 10.3 Å². The van der Waals surface area contributed by atoms with Gasteiger partial charge < -0.3 is 9.30 Å². The van der Waals surface area contributed by atoms with E-state index in [1.165, 1.54) is 0 Å². The van der Waals surface area contributed by atoms with Gasteiger partial charge in [0.2, 0.25) is 0 Å². The maximum absolute atomic E-state index is 13.4. The SMILES string of the molecule is O=c1c2ccc(Cl)cc2cc(-c2ccc(Oc3ccccc3)cc2)n1Cc1ccccc1. The van der Waals surface area contributed by atoms with Gasteiger partial charge in [-0.2, -0.15) is 0 Å². The Bertz CT molecular complexity index is 1430. The van der Waals surface area contributed by atoms with Crippen LogP contribution in [0.25, 0.3) is 22.0 Å². The van der Waals surface area contributed by atoms with Gasteiger partial charge in [0.15, 0.2) is 0 Å². The Kier molecular flexibility index (Phi) is 5.49. The van der Waals surface area contributed by atoms with E-state index in [9.17, 15) is 4.79 Å². The molecule has 32 heavy (non-hydrogen) atoms. The highest BCUT2D eigenvalue weighted by Gasteiger charge is 2.12. The number of rotatable bonds is 5. The van der Waals surface area contributed by atoms with Gasteiger partial charge in [-0.1, -0.05) is 60.1 Å². The molecule has 3 nitrogen and oxygen atoms in total. The van der Waals surface area contributed by atoms with Gasteiger partial charge in [0.1, 0.15) is 11.5 Å². The number of ether oxygens (including phenoxy) is 1. The van der Waals surface area contributed by atoms with Crippen molar-refractivity contribution in [2.75, 3.05) is 0 Å². The summed E-state index contributed by atoms with van der Waals surface area (Å²) >= 11 is 6.21. The molecule has 0 aliphatic carbocycles. The van der Waals surface area contributed by atoms with Crippen molar-refractivity contribution in [3.63, 3.8) is 0 Å². The van der Waals surface area contributed by atoms with Crippen LogP contribution >= 0.6 is 11.6 Å². The molecule has 5 aromatic rings. The zero-order valence-electron chi connectivity index (χ0n) is 17.2. The summed E-state index contributed by atoms with van der Waals surface area (Å²) in [6, 6.07) is 34.9. The standard InChI is InChI=1S/C28H20ClNO2/c29-23-13-16-26-22(17-23)18-27(30(28(26)31)19-20-7-3-1-4-8-20)21-11-14-25(15-12-21)32-24-9-5-2-6-10-24/h1-18H,19H2. The molecule has 0 fully saturated rings. The Morgan fingerprint density at radius 1 is 0.719 bits per heavy atom. The summed E-state index contributed by atoms with van der Waals surface area (Å²) in [5.41, 5.74) is 2.79. The maximum Gasteiger partial charge on any atom is 0.259 e. The van der Waals surface area contributed by atoms with Crippen molar-refractivity contribution in [3.05, 3.63) is 130 Å². The largest absolute Gasteiger partial charge is 0.457 e. The molecule has 0 aliphatic heterocycles. The van der Waals surface area contributed by atoms with Crippen molar-refractivity contribution in [2.45, 2.75) is 6.54 Å². The average Bonchev–Trinajstić information content (AvgIpc) is 2.82. The molecule has 0 aliphatic rings. The van der Waals surface area contributed by atoms with Gasteiger partial charge in [0.25, 0.3) is 5.56 Å². The monoisotopic (exact) mass is 437 g/mol. The molecule has 5 rings (SSSR count). The molecule has 1 aromatic heterocycles. The molecule has 0 atom stereocenters. The number of aromatic nitrogens is 1. The lowest BCUT2D eigenvalue weighted by atomic mass is 10.1. The predicted octanol–water partition coefficient (Wildman–Crippen LogP) is 7.16. The van der Waals surface area contributed by atoms with Crippen molar-refractivity contribution in [2.24, 2.45) is 0 Å². The Hall–Kier alpha value is -3.82. The van der Waals surface area contributed by atoms with Gasteiger partial charge in [-0.3, -0.25) is 4.79 Å². The summed E-state index contributed by atoms with van der Waals surface area (Å²) in [7, 11) is 0. The smallest absolute Gasteiger partial charge is 0.259 e. The van der Waals surface area contributed by atoms with Gasteiger partial charge >= 0.3 is 0 Å². The van der Waals surface area contributed by atoms with Gasteiger partial charge in [0.05, 0.1) is 12.2 Å². The number of fused-ring (bicyclic) bond motifs is 1. The van der Waals surface area contributed by atoms with E-state index in [1.54, 1.807) is 12.1 Å². The highest BCUT2D eigenvalue weighted by atomic mass is 35.5. The molecule has 0 N–H and O–H groups in total. The number of pyridine rings is 1. The van der Waals surface area contributed by atoms with E-state index in [0.717, 1.165) is 33.7 Å². The number of halogens is 1. The summed E-state index contributed by atoms with van der Waals surface area (Å²) in [4.78, 5) is 13.4. The fourth-order valence-electron chi connectivity index (χ4n) is 3.81. The van der Waals surface area contributed by atoms with Crippen molar-refractivity contribution in [1.29, 1.82) is 0 Å². The van der Waals surface area contributed by atoms with Crippen LogP contribution in [0.4, 0.5) is 0 Å². The van der Waals surface area contributed by atoms with Crippen molar-refractivity contribution in [1.82, 2.24) is 4.57 Å². The van der Waals surface area contributed by atoms with Crippen LogP contribution in [0.2, 0.25) is 5.02 Å². The highest BCUT2D eigenvalue weighted by molar-refractivity contribution is 6.31. The number of benzene rings is 4. The lowest BCUT2D eigenvalue weighted by molar-refractivity contribution is 0.483. The second kappa shape index (κ2) is 8.74. The first-order valence-corrected chi connectivity index (χ1v) is 10.8. The molecule has 0 amide bonds. The average molecular weight is 438 g/mol. The lowest BCUT2D eigenvalue weighted by Crippen LogP contribution is -2.22. The number of para-hydroxylation sites is 1. The lowest BCUT2D eigenvalue weighted by Gasteiger charge is -2.16. The van der Waals surface area contributed by atoms with Crippen LogP contribution in [0.5, 0.6) is 11.5 Å². The third kappa shape index (κ3) is 4.16. The van der Waals surface area contributed by atoms with Crippen molar-refractivity contribution in [3.8, 4) is 22.8 Å². The van der Waals surface area contributed by atoms with E-state index in [1.807, 2.05) is 102 Å². The predicted molar refractivity (Wildman–Crippen MR) is 131 cm³/mol. The van der Waals surface area contributed by atoms with Crippen LogP contribution in [0, 0.1) is 0 Å². The summed E-state index contributed by atoms with van der Waals surface area (Å²) < 4.78 is 7.74. The number of hydrogen-bond donors (Lipinski definition) is 0. The van der Waals surface area contributed by atoms with Gasteiger partial charge in [0, 0.05) is 10.4 Å². The van der Waals surface area contributed by atoms with E-state index in [0.29, 0.717) is 17.0 Å². The van der Waals surface area contributed by atoms with E-state index < -0.39 is 0 Å². The first kappa shape index (κ1) is 20.1. The Morgan fingerprint density at radius 3 is 2.09 bits per heavy atom. The summed E-state index contributed by atoms with van der Waals surface area (Å²) in [5.74, 6) is 1.52. The van der Waals surface area contributed by atoms with E-state index in [2.05, 4.69) is 0 Å². The first-order valence-electron chi connectivity index (χ1n) is 10.4. The zero-order chi connectivity index (χ0) is 21.9. The fourth-order valence-corrected chi connectivity index (χ4v) is 3.99.